The number of hydrogen-bond acceptors (Lipinski definition) is 4. The molecule has 0 bridgehead atoms. The summed E-state index contributed by atoms with van der Waals surface area (Å²) in [6.07, 6.45) is 0. The van der Waals surface area contributed by atoms with E-state index in [4.69, 9.17) is 15.0 Å². The molecule has 5 nitrogen and oxygen atoms in total. The van der Waals surface area contributed by atoms with Crippen LogP contribution in [0.15, 0.2) is 188 Å². The molecule has 4 aromatic heterocycles. The number of aromatic nitrogens is 5. The summed E-state index contributed by atoms with van der Waals surface area (Å²) in [5.41, 5.74) is 9.62. The lowest BCUT2D eigenvalue weighted by atomic mass is 10.0. The number of hydrogen-bond donors (Lipinski definition) is 0. The lowest BCUT2D eigenvalue weighted by Crippen LogP contribution is -2.10. The van der Waals surface area contributed by atoms with Crippen LogP contribution < -0.4 is 0 Å². The third-order valence-corrected chi connectivity index (χ3v) is 12.4. The molecule has 12 aromatic rings. The van der Waals surface area contributed by atoms with E-state index in [2.05, 4.69) is 197 Å². The number of nitrogens with zero attached hydrogens (tertiary/aromatic N) is 5. The Bertz CT molecular complexity index is 3490. The predicted octanol–water partition coefficient (Wildman–Crippen LogP) is 13.4. The molecule has 266 valence electrons. The first-order valence-corrected chi connectivity index (χ1v) is 19.9. The first-order chi connectivity index (χ1) is 28.2. The van der Waals surface area contributed by atoms with Crippen molar-refractivity contribution in [3.8, 4) is 45.5 Å². The summed E-state index contributed by atoms with van der Waals surface area (Å²) in [5, 5.41) is 7.15. The summed E-state index contributed by atoms with van der Waals surface area (Å²) in [7, 11) is 0. The molecule has 0 saturated heterocycles. The third kappa shape index (κ3) is 5.04. The Morgan fingerprint density at radius 3 is 1.49 bits per heavy atom. The van der Waals surface area contributed by atoms with Crippen molar-refractivity contribution in [1.29, 1.82) is 0 Å². The normalized spacial score (nSPS) is 11.9. The minimum absolute atomic E-state index is 0.560. The molecule has 0 spiro atoms. The van der Waals surface area contributed by atoms with Gasteiger partial charge < -0.3 is 0 Å². The Labute approximate surface area is 331 Å². The van der Waals surface area contributed by atoms with E-state index < -0.39 is 0 Å². The quantitative estimate of drug-likeness (QED) is 0.176. The zero-order valence-electron chi connectivity index (χ0n) is 30.5. The summed E-state index contributed by atoms with van der Waals surface area (Å²) in [4.78, 5) is 16.1. The molecule has 0 saturated carbocycles. The molecule has 0 aliphatic carbocycles. The summed E-state index contributed by atoms with van der Waals surface area (Å²) in [6, 6.07) is 66.8. The molecule has 0 atom stereocenters. The Balaban J connectivity index is 1.12. The van der Waals surface area contributed by atoms with Crippen LogP contribution in [0.2, 0.25) is 0 Å². The Kier molecular flexibility index (Phi) is 7.03. The van der Waals surface area contributed by atoms with E-state index in [0.29, 0.717) is 17.7 Å². The highest BCUT2D eigenvalue weighted by Gasteiger charge is 2.21. The molecular weight excluding hydrogens is 715 g/mol. The van der Waals surface area contributed by atoms with Crippen molar-refractivity contribution < 1.29 is 0 Å². The fraction of sp³-hybridized carbons (Fsp3) is 0. The number of fused-ring (bicyclic) bond motifs is 9. The largest absolute Gasteiger partial charge is 0.278 e. The summed E-state index contributed by atoms with van der Waals surface area (Å²) >= 11 is 1.84. The highest BCUT2D eigenvalue weighted by atomic mass is 32.1. The molecule has 0 unspecified atom stereocenters. The second-order valence-electron chi connectivity index (χ2n) is 14.5. The molecule has 8 aromatic carbocycles. The van der Waals surface area contributed by atoms with Gasteiger partial charge in [-0.3, -0.25) is 9.13 Å². The van der Waals surface area contributed by atoms with Gasteiger partial charge in [-0.1, -0.05) is 140 Å². The molecule has 0 amide bonds. The molecule has 0 aliphatic heterocycles. The van der Waals surface area contributed by atoms with E-state index in [-0.39, 0.29) is 0 Å². The van der Waals surface area contributed by atoms with Gasteiger partial charge in [0.15, 0.2) is 5.82 Å². The molecule has 6 heteroatoms. The van der Waals surface area contributed by atoms with E-state index in [1.807, 2.05) is 11.3 Å². The van der Waals surface area contributed by atoms with Crippen molar-refractivity contribution in [1.82, 2.24) is 24.1 Å². The van der Waals surface area contributed by atoms with Gasteiger partial charge in [-0.05, 0) is 70.8 Å². The van der Waals surface area contributed by atoms with Gasteiger partial charge in [0.2, 0.25) is 11.9 Å². The lowest BCUT2D eigenvalue weighted by Gasteiger charge is -2.13. The van der Waals surface area contributed by atoms with Crippen molar-refractivity contribution in [2.75, 3.05) is 0 Å². The van der Waals surface area contributed by atoms with E-state index in [9.17, 15) is 0 Å². The number of benzene rings is 8. The van der Waals surface area contributed by atoms with Crippen LogP contribution in [0.1, 0.15) is 0 Å². The monoisotopic (exact) mass is 745 g/mol. The minimum Gasteiger partial charge on any atom is -0.278 e. The van der Waals surface area contributed by atoms with Crippen LogP contribution in [0.3, 0.4) is 0 Å². The van der Waals surface area contributed by atoms with Gasteiger partial charge in [0.1, 0.15) is 0 Å². The third-order valence-electron chi connectivity index (χ3n) is 11.2. The second-order valence-corrected chi connectivity index (χ2v) is 15.6. The van der Waals surface area contributed by atoms with Gasteiger partial charge in [0.05, 0.1) is 22.1 Å². The highest BCUT2D eigenvalue weighted by molar-refractivity contribution is 7.25. The maximum absolute atomic E-state index is 5.39. The number of para-hydroxylation sites is 3. The molecule has 4 heterocycles. The molecule has 0 N–H and O–H groups in total. The number of thiophene rings is 1. The molecule has 0 aliphatic rings. The first-order valence-electron chi connectivity index (χ1n) is 19.1. The SMILES string of the molecule is c1ccc(-c2ccc3c4ccccc4n(-c4nc(-c5cccc(-c6ccc7sc8ccccc8c7c6)c5)nc(-n5c6ccccc6c6ccccc65)n4)c3c2)cc1. The molecule has 0 radical (unpaired) electrons. The second kappa shape index (κ2) is 12.6. The Morgan fingerprint density at radius 2 is 0.789 bits per heavy atom. The standard InChI is InChI=1S/C51H31N5S/c1-2-13-32(14-3-1)35-25-27-40-39-19-6-10-23-45(39)56(46(40)31-35)51-53-49(52-50(54-51)55-43-21-8-4-17-37(43)38-18-5-9-22-44(38)55)36-16-12-15-33(29-36)34-26-28-48-42(30-34)41-20-7-11-24-47(41)57-48/h1-31H. The zero-order chi connectivity index (χ0) is 37.5. The average molecular weight is 746 g/mol. The summed E-state index contributed by atoms with van der Waals surface area (Å²) < 4.78 is 6.98. The van der Waals surface area contributed by atoms with Crippen molar-refractivity contribution in [2.24, 2.45) is 0 Å². The van der Waals surface area contributed by atoms with Crippen LogP contribution in [-0.2, 0) is 0 Å². The van der Waals surface area contributed by atoms with Crippen LogP contribution >= 0.6 is 11.3 Å². The van der Waals surface area contributed by atoms with Gasteiger partial charge in [-0.25, -0.2) is 0 Å². The van der Waals surface area contributed by atoms with Gasteiger partial charge in [-0.15, -0.1) is 11.3 Å². The Hall–Kier alpha value is -7.41. The van der Waals surface area contributed by atoms with Crippen LogP contribution in [0.5, 0.6) is 0 Å². The molecule has 57 heavy (non-hydrogen) atoms. The molecular formula is C51H31N5S. The van der Waals surface area contributed by atoms with Gasteiger partial charge in [0.25, 0.3) is 0 Å². The van der Waals surface area contributed by atoms with Crippen molar-refractivity contribution in [3.63, 3.8) is 0 Å². The topological polar surface area (TPSA) is 48.5 Å². The number of rotatable bonds is 5. The first kappa shape index (κ1) is 31.9. The summed E-state index contributed by atoms with van der Waals surface area (Å²) in [6.45, 7) is 0. The van der Waals surface area contributed by atoms with Crippen molar-refractivity contribution in [3.05, 3.63) is 188 Å². The Morgan fingerprint density at radius 1 is 0.298 bits per heavy atom. The average Bonchev–Trinajstić information content (AvgIpc) is 3.94. The fourth-order valence-corrected chi connectivity index (χ4v) is 9.65. The van der Waals surface area contributed by atoms with Crippen molar-refractivity contribution in [2.45, 2.75) is 0 Å². The maximum Gasteiger partial charge on any atom is 0.240 e. The lowest BCUT2D eigenvalue weighted by molar-refractivity contribution is 0.893. The predicted molar refractivity (Wildman–Crippen MR) is 238 cm³/mol. The van der Waals surface area contributed by atoms with Gasteiger partial charge >= 0.3 is 0 Å². The zero-order valence-corrected chi connectivity index (χ0v) is 31.4. The maximum atomic E-state index is 5.39. The van der Waals surface area contributed by atoms with E-state index in [1.165, 1.54) is 20.2 Å². The van der Waals surface area contributed by atoms with Crippen molar-refractivity contribution >= 4 is 75.1 Å². The minimum atomic E-state index is 0.560. The molecule has 12 rings (SSSR count). The fourth-order valence-electron chi connectivity index (χ4n) is 8.56. The van der Waals surface area contributed by atoms with Gasteiger partial charge in [-0.2, -0.15) is 15.0 Å². The van der Waals surface area contributed by atoms with E-state index in [0.717, 1.165) is 71.4 Å². The highest BCUT2D eigenvalue weighted by Crippen LogP contribution is 2.39. The van der Waals surface area contributed by atoms with E-state index in [1.54, 1.807) is 0 Å². The van der Waals surface area contributed by atoms with Crippen LogP contribution in [0.4, 0.5) is 0 Å². The summed E-state index contributed by atoms with van der Waals surface area (Å²) in [5.74, 6) is 1.73. The van der Waals surface area contributed by atoms with Crippen LogP contribution in [0, 0.1) is 0 Å². The van der Waals surface area contributed by atoms with Crippen LogP contribution in [-0.4, -0.2) is 24.1 Å². The molecule has 0 fully saturated rings. The van der Waals surface area contributed by atoms with Gasteiger partial charge in [0, 0.05) is 47.3 Å². The van der Waals surface area contributed by atoms with Crippen LogP contribution in [0.25, 0.3) is 109 Å². The van der Waals surface area contributed by atoms with E-state index >= 15 is 0 Å². The smallest absolute Gasteiger partial charge is 0.240 e.